The third kappa shape index (κ3) is 3.03. The van der Waals surface area contributed by atoms with Gasteiger partial charge in [-0.1, -0.05) is 20.8 Å². The zero-order valence-electron chi connectivity index (χ0n) is 8.57. The summed E-state index contributed by atoms with van der Waals surface area (Å²) < 4.78 is 0. The quantitative estimate of drug-likeness (QED) is 0.653. The van der Waals surface area contributed by atoms with Crippen molar-refractivity contribution in [3.8, 4) is 0 Å². The third-order valence-electron chi connectivity index (χ3n) is 1.78. The number of halogens is 1. The van der Waals surface area contributed by atoms with Crippen molar-refractivity contribution < 1.29 is 4.79 Å². The van der Waals surface area contributed by atoms with Crippen LogP contribution in [0.1, 0.15) is 20.8 Å². The van der Waals surface area contributed by atoms with E-state index in [0.717, 1.165) is 0 Å². The maximum absolute atomic E-state index is 11.7. The Morgan fingerprint density at radius 2 is 1.85 bits per heavy atom. The number of amides is 1. The monoisotopic (exact) mass is 248 g/mol. The first-order chi connectivity index (χ1) is 5.41. The SMILES string of the molecule is Br.CN1C=CN(C(=O)C(C)(C)C)C1. The van der Waals surface area contributed by atoms with E-state index in [-0.39, 0.29) is 28.3 Å². The number of hydrogen-bond acceptors (Lipinski definition) is 2. The van der Waals surface area contributed by atoms with Crippen molar-refractivity contribution >= 4 is 22.9 Å². The molecule has 0 fully saturated rings. The van der Waals surface area contributed by atoms with Crippen LogP contribution in [-0.2, 0) is 4.79 Å². The van der Waals surface area contributed by atoms with Gasteiger partial charge in [-0.2, -0.15) is 0 Å². The van der Waals surface area contributed by atoms with Gasteiger partial charge in [0.05, 0.1) is 6.67 Å². The smallest absolute Gasteiger partial charge is 0.233 e. The second-order valence-corrected chi connectivity index (χ2v) is 4.22. The maximum Gasteiger partial charge on any atom is 0.233 e. The summed E-state index contributed by atoms with van der Waals surface area (Å²) in [4.78, 5) is 15.4. The van der Waals surface area contributed by atoms with Gasteiger partial charge in [0.25, 0.3) is 0 Å². The molecule has 0 atom stereocenters. The molecular formula is C9H17BrN2O. The molecule has 0 aromatic heterocycles. The Bertz CT molecular complexity index is 220. The minimum Gasteiger partial charge on any atom is -0.361 e. The van der Waals surface area contributed by atoms with Gasteiger partial charge in [0, 0.05) is 24.9 Å². The van der Waals surface area contributed by atoms with Crippen LogP contribution in [0.2, 0.25) is 0 Å². The largest absolute Gasteiger partial charge is 0.361 e. The topological polar surface area (TPSA) is 23.6 Å². The number of rotatable bonds is 0. The molecule has 3 nitrogen and oxygen atoms in total. The Kier molecular flexibility index (Phi) is 3.97. The fourth-order valence-electron chi connectivity index (χ4n) is 1.09. The second kappa shape index (κ2) is 4.13. The molecule has 76 valence electrons. The van der Waals surface area contributed by atoms with Gasteiger partial charge < -0.3 is 4.90 Å². The average Bonchev–Trinajstić information content (AvgIpc) is 2.32. The summed E-state index contributed by atoms with van der Waals surface area (Å²) in [5.74, 6) is 0.170. The molecule has 1 aliphatic rings. The van der Waals surface area contributed by atoms with Crippen LogP contribution < -0.4 is 0 Å². The molecule has 0 bridgehead atoms. The predicted octanol–water partition coefficient (Wildman–Crippen LogP) is 1.81. The lowest BCUT2D eigenvalue weighted by Crippen LogP contribution is -2.37. The molecule has 0 aromatic carbocycles. The summed E-state index contributed by atoms with van der Waals surface area (Å²) in [5, 5.41) is 0. The van der Waals surface area contributed by atoms with E-state index >= 15 is 0 Å². The highest BCUT2D eigenvalue weighted by molar-refractivity contribution is 8.93. The van der Waals surface area contributed by atoms with Gasteiger partial charge in [0.2, 0.25) is 5.91 Å². The van der Waals surface area contributed by atoms with E-state index in [0.29, 0.717) is 6.67 Å². The highest BCUT2D eigenvalue weighted by Gasteiger charge is 2.27. The van der Waals surface area contributed by atoms with Gasteiger partial charge in [-0.05, 0) is 0 Å². The highest BCUT2D eigenvalue weighted by atomic mass is 79.9. The fraction of sp³-hybridized carbons (Fsp3) is 0.667. The Morgan fingerprint density at radius 3 is 2.15 bits per heavy atom. The summed E-state index contributed by atoms with van der Waals surface area (Å²) in [6.07, 6.45) is 3.73. The first-order valence-corrected chi connectivity index (χ1v) is 4.11. The van der Waals surface area contributed by atoms with Crippen LogP contribution in [0.4, 0.5) is 0 Å². The molecule has 0 unspecified atom stereocenters. The van der Waals surface area contributed by atoms with Gasteiger partial charge in [0.15, 0.2) is 0 Å². The normalized spacial score (nSPS) is 16.0. The summed E-state index contributed by atoms with van der Waals surface area (Å²) in [6.45, 7) is 6.47. The molecule has 0 aliphatic carbocycles. The van der Waals surface area contributed by atoms with E-state index in [1.165, 1.54) is 0 Å². The Balaban J connectivity index is 0.00000144. The third-order valence-corrected chi connectivity index (χ3v) is 1.78. The van der Waals surface area contributed by atoms with E-state index < -0.39 is 0 Å². The molecule has 1 rings (SSSR count). The highest BCUT2D eigenvalue weighted by Crippen LogP contribution is 2.19. The Hall–Kier alpha value is -0.510. The Labute approximate surface area is 90.2 Å². The maximum atomic E-state index is 11.7. The van der Waals surface area contributed by atoms with Crippen LogP contribution in [0.25, 0.3) is 0 Å². The van der Waals surface area contributed by atoms with Crippen molar-refractivity contribution in [2.24, 2.45) is 5.41 Å². The standard InChI is InChI=1S/C9H16N2O.BrH/c1-9(2,3)8(12)11-6-5-10(4)7-11;/h5-6H,7H2,1-4H3;1H. The minimum absolute atomic E-state index is 0. The lowest BCUT2D eigenvalue weighted by atomic mass is 9.95. The molecule has 0 aromatic rings. The van der Waals surface area contributed by atoms with E-state index in [4.69, 9.17) is 0 Å². The van der Waals surface area contributed by atoms with Gasteiger partial charge >= 0.3 is 0 Å². The summed E-state index contributed by atoms with van der Waals surface area (Å²) in [6, 6.07) is 0. The van der Waals surface area contributed by atoms with Crippen molar-refractivity contribution in [1.29, 1.82) is 0 Å². The lowest BCUT2D eigenvalue weighted by Gasteiger charge is -2.24. The molecule has 0 N–H and O–H groups in total. The van der Waals surface area contributed by atoms with E-state index in [9.17, 15) is 4.79 Å². The van der Waals surface area contributed by atoms with Crippen LogP contribution in [0, 0.1) is 5.41 Å². The molecule has 0 saturated heterocycles. The minimum atomic E-state index is -0.282. The second-order valence-electron chi connectivity index (χ2n) is 4.22. The zero-order valence-corrected chi connectivity index (χ0v) is 10.3. The summed E-state index contributed by atoms with van der Waals surface area (Å²) in [7, 11) is 1.95. The van der Waals surface area contributed by atoms with Crippen molar-refractivity contribution in [2.45, 2.75) is 20.8 Å². The van der Waals surface area contributed by atoms with E-state index in [1.807, 2.05) is 45.1 Å². The molecular weight excluding hydrogens is 232 g/mol. The average molecular weight is 249 g/mol. The van der Waals surface area contributed by atoms with E-state index in [2.05, 4.69) is 0 Å². The first-order valence-electron chi connectivity index (χ1n) is 4.11. The van der Waals surface area contributed by atoms with Crippen LogP contribution in [-0.4, -0.2) is 29.4 Å². The van der Waals surface area contributed by atoms with Crippen LogP contribution >= 0.6 is 17.0 Å². The lowest BCUT2D eigenvalue weighted by molar-refractivity contribution is -0.137. The van der Waals surface area contributed by atoms with E-state index in [1.54, 1.807) is 4.90 Å². The first kappa shape index (κ1) is 12.5. The molecule has 4 heteroatoms. The molecule has 0 spiro atoms. The number of nitrogens with zero attached hydrogens (tertiary/aromatic N) is 2. The van der Waals surface area contributed by atoms with Crippen LogP contribution in [0.3, 0.4) is 0 Å². The van der Waals surface area contributed by atoms with Gasteiger partial charge in [-0.3, -0.25) is 9.69 Å². The molecule has 1 aliphatic heterocycles. The number of carbonyl (C=O) groups is 1. The van der Waals surface area contributed by atoms with Gasteiger partial charge in [-0.25, -0.2) is 0 Å². The van der Waals surface area contributed by atoms with Gasteiger partial charge in [-0.15, -0.1) is 17.0 Å². The van der Waals surface area contributed by atoms with Crippen LogP contribution in [0.5, 0.6) is 0 Å². The Morgan fingerprint density at radius 1 is 1.31 bits per heavy atom. The summed E-state index contributed by atoms with van der Waals surface area (Å²) in [5.41, 5.74) is -0.282. The van der Waals surface area contributed by atoms with Crippen LogP contribution in [0.15, 0.2) is 12.4 Å². The van der Waals surface area contributed by atoms with Crippen molar-refractivity contribution in [3.05, 3.63) is 12.4 Å². The fourth-order valence-corrected chi connectivity index (χ4v) is 1.09. The molecule has 13 heavy (non-hydrogen) atoms. The molecule has 0 radical (unpaired) electrons. The molecule has 1 heterocycles. The molecule has 1 amide bonds. The number of hydrogen-bond donors (Lipinski definition) is 0. The number of carbonyl (C=O) groups excluding carboxylic acids is 1. The predicted molar refractivity (Wildman–Crippen MR) is 58.4 cm³/mol. The zero-order chi connectivity index (χ0) is 9.35. The van der Waals surface area contributed by atoms with Crippen molar-refractivity contribution in [3.63, 3.8) is 0 Å². The van der Waals surface area contributed by atoms with Crippen molar-refractivity contribution in [2.75, 3.05) is 13.7 Å². The van der Waals surface area contributed by atoms with Crippen molar-refractivity contribution in [1.82, 2.24) is 9.80 Å². The summed E-state index contributed by atoms with van der Waals surface area (Å²) >= 11 is 0. The molecule has 0 saturated carbocycles. The van der Waals surface area contributed by atoms with Gasteiger partial charge in [0.1, 0.15) is 0 Å².